The zero-order chi connectivity index (χ0) is 26.7. The van der Waals surface area contributed by atoms with E-state index >= 15 is 0 Å². The second kappa shape index (κ2) is 11.7. The maximum Gasteiger partial charge on any atom is 0.325 e. The lowest BCUT2D eigenvalue weighted by Gasteiger charge is -2.35. The molecular weight excluding hydrogens is 485 g/mol. The van der Waals surface area contributed by atoms with Crippen LogP contribution in [0.3, 0.4) is 0 Å². The van der Waals surface area contributed by atoms with Crippen molar-refractivity contribution >= 4 is 11.8 Å². The molecule has 3 atom stereocenters. The summed E-state index contributed by atoms with van der Waals surface area (Å²) in [5.41, 5.74) is 3.54. The lowest BCUT2D eigenvalue weighted by molar-refractivity contribution is -0.143. The van der Waals surface area contributed by atoms with E-state index < -0.39 is 23.8 Å². The number of pyridine rings is 1. The number of aryl methyl sites for hydroxylation is 2. The molecule has 0 bridgehead atoms. The number of fused-ring (bicyclic) bond motifs is 2. The molecule has 0 amide bonds. The minimum atomic E-state index is -1.50. The summed E-state index contributed by atoms with van der Waals surface area (Å²) < 4.78 is 26.6. The van der Waals surface area contributed by atoms with Gasteiger partial charge in [-0.3, -0.25) is 9.69 Å². The number of anilines is 1. The van der Waals surface area contributed by atoms with Gasteiger partial charge in [0.25, 0.3) is 0 Å². The second-order valence-electron chi connectivity index (χ2n) is 11.4. The fraction of sp³-hybridized carbons (Fsp3) is 0.600. The van der Waals surface area contributed by atoms with E-state index in [-0.39, 0.29) is 6.10 Å². The van der Waals surface area contributed by atoms with Crippen molar-refractivity contribution in [1.82, 2.24) is 9.88 Å². The number of halogens is 1. The van der Waals surface area contributed by atoms with Gasteiger partial charge in [-0.2, -0.15) is 0 Å². The fourth-order valence-corrected chi connectivity index (χ4v) is 5.95. The van der Waals surface area contributed by atoms with E-state index in [4.69, 9.17) is 14.5 Å². The van der Waals surface area contributed by atoms with Crippen molar-refractivity contribution in [2.75, 3.05) is 31.6 Å². The quantitative estimate of drug-likeness (QED) is 0.428. The zero-order valence-electron chi connectivity index (χ0n) is 22.5. The number of unbranched alkanes of at least 4 members (excludes halogenated alkanes) is 1. The van der Waals surface area contributed by atoms with Crippen molar-refractivity contribution in [1.29, 1.82) is 0 Å². The molecule has 3 aliphatic heterocycles. The monoisotopic (exact) mass is 525 g/mol. The Morgan fingerprint density at radius 2 is 2.16 bits per heavy atom. The number of nitrogens with zero attached hydrogens (tertiary/aromatic N) is 2. The molecule has 1 saturated heterocycles. The van der Waals surface area contributed by atoms with Crippen LogP contribution in [0.4, 0.5) is 10.2 Å². The van der Waals surface area contributed by atoms with E-state index in [1.807, 2.05) is 23.1 Å². The highest BCUT2D eigenvalue weighted by molar-refractivity contribution is 5.76. The SMILES string of the molecule is CC(C)(F)C1Cc2c(cccc2[C@@H](C(=O)O)N2CC[C@@H](OCCCCc3ccc4c(n3)NCCC4)C2)CO1. The molecule has 206 valence electrons. The normalized spacial score (nSPS) is 22.4. The standard InChI is InChI=1S/C30H40FN3O4/c1-30(2,31)26-17-25-21(19-38-26)7-5-10-24(25)27(29(35)36)34-15-13-23(18-34)37-16-4-3-9-22-12-11-20-8-6-14-32-28(20)33-22/h5,7,10-12,23,26-27H,3-4,6,8-9,13-19H2,1-2H3,(H,32,33)(H,35,36)/t23-,26?,27+/m1/s1. The first kappa shape index (κ1) is 27.0. The lowest BCUT2D eigenvalue weighted by atomic mass is 9.86. The third kappa shape index (κ3) is 6.19. The highest BCUT2D eigenvalue weighted by Gasteiger charge is 2.39. The maximum absolute atomic E-state index is 14.7. The summed E-state index contributed by atoms with van der Waals surface area (Å²) in [5, 5.41) is 13.6. The van der Waals surface area contributed by atoms with Crippen LogP contribution in [0.2, 0.25) is 0 Å². The number of hydrogen-bond acceptors (Lipinski definition) is 6. The number of nitrogens with one attached hydrogen (secondary N) is 1. The van der Waals surface area contributed by atoms with Gasteiger partial charge < -0.3 is 19.9 Å². The molecule has 0 spiro atoms. The smallest absolute Gasteiger partial charge is 0.325 e. The Labute approximate surface area is 224 Å². The van der Waals surface area contributed by atoms with E-state index in [1.165, 1.54) is 19.4 Å². The van der Waals surface area contributed by atoms with Gasteiger partial charge in [0.15, 0.2) is 0 Å². The molecule has 2 N–H and O–H groups in total. The van der Waals surface area contributed by atoms with Gasteiger partial charge in [-0.25, -0.2) is 9.37 Å². The summed E-state index contributed by atoms with van der Waals surface area (Å²) in [5.74, 6) is 0.161. The van der Waals surface area contributed by atoms with Crippen LogP contribution < -0.4 is 5.32 Å². The van der Waals surface area contributed by atoms with Crippen LogP contribution in [0.5, 0.6) is 0 Å². The average Bonchev–Trinajstić information content (AvgIpc) is 3.36. The Bertz CT molecular complexity index is 1130. The van der Waals surface area contributed by atoms with Crippen molar-refractivity contribution < 1.29 is 23.8 Å². The molecule has 1 aromatic carbocycles. The lowest BCUT2D eigenvalue weighted by Crippen LogP contribution is -2.40. The number of benzene rings is 1. The molecule has 38 heavy (non-hydrogen) atoms. The second-order valence-corrected chi connectivity index (χ2v) is 11.4. The van der Waals surface area contributed by atoms with Gasteiger partial charge in [0.1, 0.15) is 17.5 Å². The van der Waals surface area contributed by atoms with Gasteiger partial charge in [-0.1, -0.05) is 24.3 Å². The Hall–Kier alpha value is -2.55. The molecule has 1 aromatic heterocycles. The minimum absolute atomic E-state index is 0.0170. The van der Waals surface area contributed by atoms with Crippen LogP contribution in [0.15, 0.2) is 30.3 Å². The number of likely N-dealkylation sites (tertiary alicyclic amines) is 1. The minimum Gasteiger partial charge on any atom is -0.480 e. The van der Waals surface area contributed by atoms with Gasteiger partial charge in [0.2, 0.25) is 0 Å². The average molecular weight is 526 g/mol. The van der Waals surface area contributed by atoms with Gasteiger partial charge in [0.05, 0.1) is 18.8 Å². The number of carbonyl (C=O) groups is 1. The predicted molar refractivity (Wildman–Crippen MR) is 144 cm³/mol. The number of carboxylic acids is 1. The van der Waals surface area contributed by atoms with Gasteiger partial charge in [-0.05, 0) is 80.7 Å². The number of alkyl halides is 1. The summed E-state index contributed by atoms with van der Waals surface area (Å²) in [6.07, 6.45) is 5.75. The summed E-state index contributed by atoms with van der Waals surface area (Å²) in [4.78, 5) is 19.2. The molecular formula is C30H40FN3O4. The first-order valence-electron chi connectivity index (χ1n) is 14.0. The van der Waals surface area contributed by atoms with Gasteiger partial charge in [-0.15, -0.1) is 0 Å². The molecule has 8 heteroatoms. The van der Waals surface area contributed by atoms with Crippen LogP contribution in [0.1, 0.15) is 73.5 Å². The Morgan fingerprint density at radius 3 is 2.97 bits per heavy atom. The van der Waals surface area contributed by atoms with E-state index in [0.29, 0.717) is 32.7 Å². The van der Waals surface area contributed by atoms with Gasteiger partial charge >= 0.3 is 5.97 Å². The molecule has 0 radical (unpaired) electrons. The number of aliphatic carboxylic acids is 1. The predicted octanol–water partition coefficient (Wildman–Crippen LogP) is 4.87. The van der Waals surface area contributed by atoms with Crippen molar-refractivity contribution in [2.24, 2.45) is 0 Å². The van der Waals surface area contributed by atoms with Crippen molar-refractivity contribution in [3.8, 4) is 0 Å². The van der Waals surface area contributed by atoms with Crippen LogP contribution >= 0.6 is 0 Å². The first-order valence-corrected chi connectivity index (χ1v) is 14.0. The van der Waals surface area contributed by atoms with E-state index in [0.717, 1.165) is 73.3 Å². The summed E-state index contributed by atoms with van der Waals surface area (Å²) in [6, 6.07) is 9.27. The molecule has 3 aliphatic rings. The molecule has 1 fully saturated rings. The third-order valence-corrected chi connectivity index (χ3v) is 8.11. The topological polar surface area (TPSA) is 83.9 Å². The van der Waals surface area contributed by atoms with Crippen LogP contribution in [0, 0.1) is 0 Å². The number of carboxylic acid groups (broad SMARTS) is 1. The molecule has 0 aliphatic carbocycles. The number of ether oxygens (including phenoxy) is 2. The van der Waals surface area contributed by atoms with Crippen LogP contribution in [-0.2, 0) is 40.1 Å². The van der Waals surface area contributed by atoms with Crippen LogP contribution in [0.25, 0.3) is 0 Å². The summed E-state index contributed by atoms with van der Waals surface area (Å²) in [7, 11) is 0. The third-order valence-electron chi connectivity index (χ3n) is 8.11. The van der Waals surface area contributed by atoms with E-state index in [9.17, 15) is 14.3 Å². The van der Waals surface area contributed by atoms with Gasteiger partial charge in [0, 0.05) is 38.4 Å². The molecule has 4 heterocycles. The van der Waals surface area contributed by atoms with E-state index in [2.05, 4.69) is 17.4 Å². The summed E-state index contributed by atoms with van der Waals surface area (Å²) in [6.45, 7) is 6.22. The number of rotatable bonds is 10. The number of hydrogen-bond donors (Lipinski definition) is 2. The molecule has 5 rings (SSSR count). The van der Waals surface area contributed by atoms with Crippen molar-refractivity contribution in [3.63, 3.8) is 0 Å². The fourth-order valence-electron chi connectivity index (χ4n) is 5.95. The molecule has 1 unspecified atom stereocenters. The molecule has 0 saturated carbocycles. The summed E-state index contributed by atoms with van der Waals surface area (Å²) >= 11 is 0. The highest BCUT2D eigenvalue weighted by atomic mass is 19.1. The van der Waals surface area contributed by atoms with Crippen molar-refractivity contribution in [3.05, 3.63) is 58.3 Å². The molecule has 7 nitrogen and oxygen atoms in total. The highest BCUT2D eigenvalue weighted by Crippen LogP contribution is 2.36. The largest absolute Gasteiger partial charge is 0.480 e. The van der Waals surface area contributed by atoms with E-state index in [1.54, 1.807) is 0 Å². The Kier molecular flexibility index (Phi) is 8.31. The Morgan fingerprint density at radius 1 is 1.29 bits per heavy atom. The maximum atomic E-state index is 14.7. The van der Waals surface area contributed by atoms with Crippen molar-refractivity contribution in [2.45, 2.75) is 89.3 Å². The first-order chi connectivity index (χ1) is 18.3. The molecule has 2 aromatic rings. The number of aromatic nitrogens is 1. The Balaban J connectivity index is 1.14. The van der Waals surface area contributed by atoms with Crippen LogP contribution in [-0.4, -0.2) is 65.1 Å². The zero-order valence-corrected chi connectivity index (χ0v) is 22.5.